The summed E-state index contributed by atoms with van der Waals surface area (Å²) in [5.41, 5.74) is -0.558. The Morgan fingerprint density at radius 1 is 1.21 bits per heavy atom. The number of hydrogen-bond donors (Lipinski definition) is 1. The Morgan fingerprint density at radius 2 is 1.93 bits per heavy atom. The molecular weight excluding hydrogens is 391 g/mol. The van der Waals surface area contributed by atoms with Gasteiger partial charge < -0.3 is 14.5 Å². The number of nitrogens with zero attached hydrogens (tertiary/aromatic N) is 3. The number of piperidine rings is 1. The number of hydrogen-bond acceptors (Lipinski definition) is 5. The molecule has 0 atom stereocenters. The van der Waals surface area contributed by atoms with Gasteiger partial charge in [0, 0.05) is 37.4 Å². The molecule has 156 valence electrons. The van der Waals surface area contributed by atoms with Crippen molar-refractivity contribution >= 4 is 11.9 Å². The van der Waals surface area contributed by atoms with Crippen LogP contribution < -0.4 is 0 Å². The van der Waals surface area contributed by atoms with Crippen molar-refractivity contribution in [2.75, 3.05) is 13.1 Å². The second-order valence-corrected chi connectivity index (χ2v) is 6.94. The molecule has 29 heavy (non-hydrogen) atoms. The first kappa shape index (κ1) is 20.8. The number of likely N-dealkylation sites (tertiary alicyclic amines) is 1. The fourth-order valence-corrected chi connectivity index (χ4v) is 3.28. The quantitative estimate of drug-likeness (QED) is 0.778. The molecule has 1 aromatic carbocycles. The van der Waals surface area contributed by atoms with E-state index < -0.39 is 17.7 Å². The Morgan fingerprint density at radius 3 is 2.59 bits per heavy atom. The van der Waals surface area contributed by atoms with Crippen LogP contribution in [-0.2, 0) is 15.8 Å². The molecule has 1 aromatic heterocycles. The number of carboxylic acid groups (broad SMARTS) is 1. The second kappa shape index (κ2) is 8.62. The molecule has 2 heterocycles. The van der Waals surface area contributed by atoms with Crippen LogP contribution in [0.5, 0.6) is 0 Å². The van der Waals surface area contributed by atoms with Gasteiger partial charge in [0.25, 0.3) is 0 Å². The van der Waals surface area contributed by atoms with Gasteiger partial charge in [0.1, 0.15) is 0 Å². The predicted molar refractivity (Wildman–Crippen MR) is 94.8 cm³/mol. The summed E-state index contributed by atoms with van der Waals surface area (Å²) in [6.45, 7) is 0.968. The number of aromatic nitrogens is 2. The van der Waals surface area contributed by atoms with Gasteiger partial charge in [0.15, 0.2) is 0 Å². The normalized spacial score (nSPS) is 15.5. The number of rotatable bonds is 6. The zero-order valence-corrected chi connectivity index (χ0v) is 15.5. The molecule has 0 spiro atoms. The van der Waals surface area contributed by atoms with Gasteiger partial charge in [0.2, 0.25) is 17.6 Å². The van der Waals surface area contributed by atoms with Crippen LogP contribution in [0.4, 0.5) is 13.2 Å². The van der Waals surface area contributed by atoms with Gasteiger partial charge >= 0.3 is 12.1 Å². The Hall–Kier alpha value is -2.91. The SMILES string of the molecule is O=C(O)CCCC(=O)N1CCC(c2nc(-c3cccc(C(F)(F)F)c3)no2)CC1. The lowest BCUT2D eigenvalue weighted by atomic mass is 9.96. The highest BCUT2D eigenvalue weighted by molar-refractivity contribution is 5.77. The fraction of sp³-hybridized carbons (Fsp3) is 0.474. The van der Waals surface area contributed by atoms with Crippen molar-refractivity contribution in [2.24, 2.45) is 0 Å². The number of carbonyl (C=O) groups is 2. The summed E-state index contributed by atoms with van der Waals surface area (Å²) in [6, 6.07) is 4.74. The minimum absolute atomic E-state index is 0.0392. The van der Waals surface area contributed by atoms with E-state index in [1.54, 1.807) is 4.90 Å². The number of carboxylic acids is 1. The molecule has 0 unspecified atom stereocenters. The molecule has 1 fully saturated rings. The summed E-state index contributed by atoms with van der Waals surface area (Å²) in [4.78, 5) is 28.6. The Balaban J connectivity index is 1.58. The van der Waals surface area contributed by atoms with Crippen LogP contribution in [0.25, 0.3) is 11.4 Å². The van der Waals surface area contributed by atoms with Gasteiger partial charge in [-0.05, 0) is 31.4 Å². The smallest absolute Gasteiger partial charge is 0.416 e. The van der Waals surface area contributed by atoms with Gasteiger partial charge in [-0.3, -0.25) is 9.59 Å². The number of carbonyl (C=O) groups excluding carboxylic acids is 1. The van der Waals surface area contributed by atoms with E-state index in [0.717, 1.165) is 12.1 Å². The molecule has 1 aliphatic heterocycles. The van der Waals surface area contributed by atoms with E-state index in [0.29, 0.717) is 38.2 Å². The highest BCUT2D eigenvalue weighted by Crippen LogP contribution is 2.33. The van der Waals surface area contributed by atoms with E-state index in [1.807, 2.05) is 0 Å². The summed E-state index contributed by atoms with van der Waals surface area (Å²) < 4.78 is 43.9. The summed E-state index contributed by atoms with van der Waals surface area (Å²) >= 11 is 0. The van der Waals surface area contributed by atoms with Crippen molar-refractivity contribution in [2.45, 2.75) is 44.2 Å². The molecule has 1 amide bonds. The van der Waals surface area contributed by atoms with E-state index in [4.69, 9.17) is 9.63 Å². The van der Waals surface area contributed by atoms with Crippen molar-refractivity contribution in [3.63, 3.8) is 0 Å². The number of benzene rings is 1. The van der Waals surface area contributed by atoms with Crippen LogP contribution in [0.3, 0.4) is 0 Å². The number of aliphatic carboxylic acids is 1. The molecule has 0 saturated carbocycles. The zero-order valence-electron chi connectivity index (χ0n) is 15.5. The molecule has 0 bridgehead atoms. The van der Waals surface area contributed by atoms with Gasteiger partial charge in [-0.25, -0.2) is 0 Å². The summed E-state index contributed by atoms with van der Waals surface area (Å²) in [5, 5.41) is 12.4. The van der Waals surface area contributed by atoms with Crippen molar-refractivity contribution < 1.29 is 32.4 Å². The third-order valence-electron chi connectivity index (χ3n) is 4.87. The van der Waals surface area contributed by atoms with Gasteiger partial charge in [-0.1, -0.05) is 17.3 Å². The number of alkyl halides is 3. The van der Waals surface area contributed by atoms with Crippen molar-refractivity contribution in [1.82, 2.24) is 15.0 Å². The maximum atomic E-state index is 12.9. The first-order chi connectivity index (χ1) is 13.7. The monoisotopic (exact) mass is 411 g/mol. The summed E-state index contributed by atoms with van der Waals surface area (Å²) in [7, 11) is 0. The Bertz CT molecular complexity index is 874. The fourth-order valence-electron chi connectivity index (χ4n) is 3.28. The van der Waals surface area contributed by atoms with E-state index in [9.17, 15) is 22.8 Å². The minimum atomic E-state index is -4.45. The molecule has 0 radical (unpaired) electrons. The third kappa shape index (κ3) is 5.33. The largest absolute Gasteiger partial charge is 0.481 e. The highest BCUT2D eigenvalue weighted by atomic mass is 19.4. The predicted octanol–water partition coefficient (Wildman–Crippen LogP) is 3.72. The van der Waals surface area contributed by atoms with Crippen molar-refractivity contribution in [3.8, 4) is 11.4 Å². The molecule has 1 N–H and O–H groups in total. The van der Waals surface area contributed by atoms with Crippen LogP contribution in [0.1, 0.15) is 49.5 Å². The lowest BCUT2D eigenvalue weighted by Crippen LogP contribution is -2.37. The molecular formula is C19H20F3N3O4. The Labute approximate surface area is 164 Å². The average Bonchev–Trinajstić information content (AvgIpc) is 3.17. The van der Waals surface area contributed by atoms with E-state index >= 15 is 0 Å². The minimum Gasteiger partial charge on any atom is -0.481 e. The zero-order chi connectivity index (χ0) is 21.0. The molecule has 10 heteroatoms. The first-order valence-electron chi connectivity index (χ1n) is 9.25. The first-order valence-corrected chi connectivity index (χ1v) is 9.25. The lowest BCUT2D eigenvalue weighted by Gasteiger charge is -2.30. The van der Waals surface area contributed by atoms with Crippen LogP contribution >= 0.6 is 0 Å². The number of amides is 1. The van der Waals surface area contributed by atoms with E-state index in [1.165, 1.54) is 12.1 Å². The van der Waals surface area contributed by atoms with Gasteiger partial charge in [-0.15, -0.1) is 0 Å². The molecule has 3 rings (SSSR count). The van der Waals surface area contributed by atoms with Crippen LogP contribution in [0.15, 0.2) is 28.8 Å². The molecule has 2 aromatic rings. The molecule has 7 nitrogen and oxygen atoms in total. The molecule has 1 saturated heterocycles. The topological polar surface area (TPSA) is 96.5 Å². The Kier molecular flexibility index (Phi) is 6.19. The maximum Gasteiger partial charge on any atom is 0.416 e. The van der Waals surface area contributed by atoms with E-state index in [2.05, 4.69) is 10.1 Å². The van der Waals surface area contributed by atoms with Gasteiger partial charge in [-0.2, -0.15) is 18.2 Å². The summed E-state index contributed by atoms with van der Waals surface area (Å²) in [5.74, 6) is -0.650. The van der Waals surface area contributed by atoms with Crippen LogP contribution in [0, 0.1) is 0 Å². The summed E-state index contributed by atoms with van der Waals surface area (Å²) in [6.07, 6.45) is -2.81. The molecule has 0 aliphatic carbocycles. The van der Waals surface area contributed by atoms with Crippen molar-refractivity contribution in [1.29, 1.82) is 0 Å². The van der Waals surface area contributed by atoms with Gasteiger partial charge in [0.05, 0.1) is 5.56 Å². The van der Waals surface area contributed by atoms with Crippen LogP contribution in [0.2, 0.25) is 0 Å². The van der Waals surface area contributed by atoms with Crippen molar-refractivity contribution in [3.05, 3.63) is 35.7 Å². The van der Waals surface area contributed by atoms with E-state index in [-0.39, 0.29) is 36.1 Å². The second-order valence-electron chi connectivity index (χ2n) is 6.94. The average molecular weight is 411 g/mol. The maximum absolute atomic E-state index is 12.9. The number of halogens is 3. The highest BCUT2D eigenvalue weighted by Gasteiger charge is 2.31. The lowest BCUT2D eigenvalue weighted by molar-refractivity contribution is -0.138. The van der Waals surface area contributed by atoms with Crippen LogP contribution in [-0.4, -0.2) is 45.1 Å². The standard InChI is InChI=1S/C19H20F3N3O4/c20-19(21,22)14-4-1-3-13(11-14)17-23-18(29-24-17)12-7-9-25(10-8-12)15(26)5-2-6-16(27)28/h1,3-4,11-12H,2,5-10H2,(H,27,28). The third-order valence-corrected chi connectivity index (χ3v) is 4.87. The molecule has 1 aliphatic rings.